The van der Waals surface area contributed by atoms with Crippen LogP contribution in [0.2, 0.25) is 0 Å². The minimum Gasteiger partial charge on any atom is -0.388 e. The molecule has 1 saturated heterocycles. The van der Waals surface area contributed by atoms with E-state index in [2.05, 4.69) is 43.4 Å². The van der Waals surface area contributed by atoms with Crippen LogP contribution < -0.4 is 10.6 Å². The van der Waals surface area contributed by atoms with Crippen molar-refractivity contribution in [3.05, 3.63) is 70.6 Å². The maximum Gasteiger partial charge on any atom is 0.320 e. The smallest absolute Gasteiger partial charge is 0.320 e. The molecule has 0 unspecified atom stereocenters. The minimum absolute atomic E-state index is 0.280. The van der Waals surface area contributed by atoms with Crippen molar-refractivity contribution in [2.24, 2.45) is 0 Å². The second kappa shape index (κ2) is 10.6. The van der Waals surface area contributed by atoms with Crippen LogP contribution in [-0.4, -0.2) is 61.3 Å². The van der Waals surface area contributed by atoms with Gasteiger partial charge in [0.15, 0.2) is 5.82 Å². The van der Waals surface area contributed by atoms with E-state index in [1.807, 2.05) is 32.1 Å². The number of nitrogens with zero attached hydrogens (tertiary/aromatic N) is 4. The van der Waals surface area contributed by atoms with E-state index < -0.39 is 11.2 Å². The Labute approximate surface area is 232 Å². The van der Waals surface area contributed by atoms with Crippen LogP contribution in [0.5, 0.6) is 0 Å². The third-order valence-electron chi connectivity index (χ3n) is 6.41. The number of likely N-dealkylation sites (tertiary alicyclic amines) is 1. The predicted molar refractivity (Wildman–Crippen MR) is 151 cm³/mol. The zero-order valence-corrected chi connectivity index (χ0v) is 23.3. The lowest BCUT2D eigenvalue weighted by Gasteiger charge is -2.44. The van der Waals surface area contributed by atoms with Crippen LogP contribution in [-0.2, 0) is 12.1 Å². The van der Waals surface area contributed by atoms with Gasteiger partial charge in [-0.25, -0.2) is 14.8 Å². The van der Waals surface area contributed by atoms with E-state index in [1.54, 1.807) is 32.4 Å². The molecule has 2 aliphatic heterocycles. The number of nitrogens with one attached hydrogen (secondary N) is 2. The summed E-state index contributed by atoms with van der Waals surface area (Å²) in [7, 11) is 0. The van der Waals surface area contributed by atoms with E-state index in [4.69, 9.17) is 4.98 Å². The van der Waals surface area contributed by atoms with Gasteiger partial charge in [0.2, 0.25) is 0 Å². The Morgan fingerprint density at radius 3 is 2.59 bits per heavy atom. The van der Waals surface area contributed by atoms with Crippen molar-refractivity contribution in [1.29, 1.82) is 0 Å². The maximum absolute atomic E-state index is 12.2. The number of amides is 2. The molecule has 1 fully saturated rings. The summed E-state index contributed by atoms with van der Waals surface area (Å²) < 4.78 is 0. The largest absolute Gasteiger partial charge is 0.388 e. The summed E-state index contributed by atoms with van der Waals surface area (Å²) in [6, 6.07) is 7.87. The van der Waals surface area contributed by atoms with Crippen molar-refractivity contribution in [2.45, 2.75) is 50.3 Å². The van der Waals surface area contributed by atoms with Gasteiger partial charge in [-0.1, -0.05) is 17.5 Å². The first-order valence-electron chi connectivity index (χ1n) is 12.8. The van der Waals surface area contributed by atoms with Crippen LogP contribution in [0, 0.1) is 0 Å². The number of hydrogen-bond acceptors (Lipinski definition) is 8. The zero-order valence-electron chi connectivity index (χ0n) is 22.4. The number of aliphatic hydroxyl groups is 2. The summed E-state index contributed by atoms with van der Waals surface area (Å²) >= 11 is 1.43. The number of carbonyl (C=O) groups is 1. The zero-order chi connectivity index (χ0) is 27.8. The van der Waals surface area contributed by atoms with Crippen LogP contribution in [0.4, 0.5) is 4.79 Å². The highest BCUT2D eigenvalue weighted by atomic mass is 32.2. The molecule has 4 heterocycles. The number of hydrogen-bond donors (Lipinski definition) is 4. The van der Waals surface area contributed by atoms with E-state index in [0.717, 1.165) is 45.0 Å². The van der Waals surface area contributed by atoms with Gasteiger partial charge in [-0.05, 0) is 74.7 Å². The molecule has 39 heavy (non-hydrogen) atoms. The van der Waals surface area contributed by atoms with Crippen molar-refractivity contribution in [2.75, 3.05) is 19.6 Å². The van der Waals surface area contributed by atoms with E-state index in [1.165, 1.54) is 11.8 Å². The predicted octanol–water partition coefficient (Wildman–Crippen LogP) is 3.88. The molecular weight excluding hydrogens is 512 g/mol. The molecule has 202 valence electrons. The molecule has 10 heteroatoms. The van der Waals surface area contributed by atoms with Gasteiger partial charge in [0.05, 0.1) is 11.3 Å². The van der Waals surface area contributed by atoms with Crippen molar-refractivity contribution in [3.8, 4) is 22.4 Å². The van der Waals surface area contributed by atoms with Crippen LogP contribution in [0.3, 0.4) is 0 Å². The molecule has 2 amide bonds. The van der Waals surface area contributed by atoms with Gasteiger partial charge >= 0.3 is 6.03 Å². The van der Waals surface area contributed by atoms with Crippen molar-refractivity contribution >= 4 is 23.9 Å². The topological polar surface area (TPSA) is 124 Å². The Kier molecular flexibility index (Phi) is 7.33. The van der Waals surface area contributed by atoms with Crippen molar-refractivity contribution in [3.63, 3.8) is 0 Å². The van der Waals surface area contributed by atoms with Crippen LogP contribution in [0.1, 0.15) is 44.6 Å². The highest BCUT2D eigenvalue weighted by molar-refractivity contribution is 8.03. The maximum atomic E-state index is 12.2. The summed E-state index contributed by atoms with van der Waals surface area (Å²) in [5.41, 5.74) is 6.86. The molecule has 0 saturated carbocycles. The highest BCUT2D eigenvalue weighted by Crippen LogP contribution is 2.42. The number of benzene rings is 1. The van der Waals surface area contributed by atoms with Gasteiger partial charge in [0.1, 0.15) is 10.6 Å². The molecule has 0 radical (unpaired) electrons. The average molecular weight is 545 g/mol. The van der Waals surface area contributed by atoms with Crippen LogP contribution >= 0.6 is 11.8 Å². The Hall–Kier alpha value is -3.53. The molecule has 0 aliphatic carbocycles. The molecule has 0 bridgehead atoms. The Balaban J connectivity index is 1.53. The molecule has 4 N–H and O–H groups in total. The Bertz CT molecular complexity index is 1470. The number of fused-ring (bicyclic) bond motifs is 1. The number of aromatic nitrogens is 3. The summed E-state index contributed by atoms with van der Waals surface area (Å²) in [6.07, 6.45) is 7.08. The molecular formula is C29H32N6O3S. The van der Waals surface area contributed by atoms with Crippen LogP contribution in [0.15, 0.2) is 58.5 Å². The molecule has 2 aromatic heterocycles. The number of thioether (sulfide) groups is 1. The Morgan fingerprint density at radius 2 is 1.92 bits per heavy atom. The van der Waals surface area contributed by atoms with E-state index in [0.29, 0.717) is 30.5 Å². The van der Waals surface area contributed by atoms with Gasteiger partial charge in [-0.3, -0.25) is 15.2 Å². The number of rotatable bonds is 7. The van der Waals surface area contributed by atoms with Gasteiger partial charge in [0, 0.05) is 60.8 Å². The number of pyridine rings is 1. The lowest BCUT2D eigenvalue weighted by atomic mass is 9.95. The normalized spacial score (nSPS) is 16.2. The quantitative estimate of drug-likeness (QED) is 0.331. The first kappa shape index (κ1) is 27.1. The second-order valence-corrected chi connectivity index (χ2v) is 11.7. The van der Waals surface area contributed by atoms with Gasteiger partial charge in [-0.15, -0.1) is 0 Å². The third-order valence-corrected chi connectivity index (χ3v) is 7.50. The van der Waals surface area contributed by atoms with E-state index in [9.17, 15) is 15.0 Å². The SMILES string of the molecule is CCNC(=O)NC1=C=Cc2cc(-c3cnc(C(C)(C)O)nc3)cc(-c3cc(CN4CC(C)(O)C4)ccn3)c2S1. The molecule has 0 atom stereocenters. The summed E-state index contributed by atoms with van der Waals surface area (Å²) in [5.74, 6) is 0.350. The lowest BCUT2D eigenvalue weighted by Crippen LogP contribution is -2.59. The van der Waals surface area contributed by atoms with Gasteiger partial charge in [0.25, 0.3) is 0 Å². The van der Waals surface area contributed by atoms with E-state index >= 15 is 0 Å². The summed E-state index contributed by atoms with van der Waals surface area (Å²) in [4.78, 5) is 28.8. The van der Waals surface area contributed by atoms with Crippen LogP contribution in [0.25, 0.3) is 28.5 Å². The second-order valence-electron chi connectivity index (χ2n) is 10.7. The molecule has 1 aromatic carbocycles. The first-order chi connectivity index (χ1) is 18.5. The standard InChI is InChI=1S/C29H32N6O3S/c1-5-30-27(36)34-24-7-6-19-11-20(21-13-32-26(33-14-21)28(2,3)37)12-22(25(19)39-24)23-10-18(8-9-31-23)15-35-16-29(4,38)17-35/h6,8-14,37-38H,5,15-17H2,1-4H3,(H2,30,34,36). The molecule has 0 spiro atoms. The van der Waals surface area contributed by atoms with Crippen molar-refractivity contribution < 1.29 is 15.0 Å². The fourth-order valence-electron chi connectivity index (χ4n) is 4.67. The summed E-state index contributed by atoms with van der Waals surface area (Å²) in [6.45, 7) is 9.53. The molecule has 5 rings (SSSR count). The third kappa shape index (κ3) is 6.21. The Morgan fingerprint density at radius 1 is 1.18 bits per heavy atom. The molecule has 9 nitrogen and oxygen atoms in total. The van der Waals surface area contributed by atoms with Gasteiger partial charge < -0.3 is 15.5 Å². The number of carbonyl (C=O) groups excluding carboxylic acids is 1. The minimum atomic E-state index is -1.13. The molecule has 2 aliphatic rings. The van der Waals surface area contributed by atoms with E-state index in [-0.39, 0.29) is 6.03 Å². The first-order valence-corrected chi connectivity index (χ1v) is 13.7. The number of β-amino-alcohol motifs (C(OH)–C–C–N with tert-alkyl or cyclic N) is 1. The van der Waals surface area contributed by atoms with Gasteiger partial charge in [-0.2, -0.15) is 0 Å². The fraction of sp³-hybridized carbons (Fsp3) is 0.345. The number of urea groups is 1. The monoisotopic (exact) mass is 544 g/mol. The average Bonchev–Trinajstić information content (AvgIpc) is 2.87. The lowest BCUT2D eigenvalue weighted by molar-refractivity contribution is -0.0871. The fourth-order valence-corrected chi connectivity index (χ4v) is 5.65. The van der Waals surface area contributed by atoms with Crippen molar-refractivity contribution in [1.82, 2.24) is 30.5 Å². The molecule has 3 aromatic rings. The highest BCUT2D eigenvalue weighted by Gasteiger charge is 2.36. The summed E-state index contributed by atoms with van der Waals surface area (Å²) in [5, 5.41) is 26.6.